The van der Waals surface area contributed by atoms with Crippen LogP contribution in [-0.4, -0.2) is 34.9 Å². The molecule has 2 aromatic rings. The Morgan fingerprint density at radius 2 is 1.83 bits per heavy atom. The van der Waals surface area contributed by atoms with Gasteiger partial charge in [-0.3, -0.25) is 9.78 Å². The average molecular weight is 323 g/mol. The number of likely N-dealkylation sites (tertiary alicyclic amines) is 1. The predicted octanol–water partition coefficient (Wildman–Crippen LogP) is 3.26. The molecule has 0 aliphatic carbocycles. The summed E-state index contributed by atoms with van der Waals surface area (Å²) in [5, 5.41) is 0. The summed E-state index contributed by atoms with van der Waals surface area (Å²) >= 11 is 0. The topological polar surface area (TPSA) is 59.2 Å². The highest BCUT2D eigenvalue weighted by Gasteiger charge is 2.25. The second kappa shape index (κ2) is 7.14. The van der Waals surface area contributed by atoms with Gasteiger partial charge in [-0.1, -0.05) is 29.8 Å². The normalized spacial score (nSPS) is 16.9. The van der Waals surface area contributed by atoms with Gasteiger partial charge in [-0.15, -0.1) is 0 Å². The van der Waals surface area contributed by atoms with Crippen LogP contribution >= 0.6 is 0 Å². The molecule has 1 atom stereocenters. The minimum absolute atomic E-state index is 0.0691. The summed E-state index contributed by atoms with van der Waals surface area (Å²) in [7, 11) is 0. The molecule has 126 valence electrons. The SMILES string of the molecule is Cc1ccc(-c2cncc(C(=O)N3CCC(C(C)N)CC3)c2)cc1. The number of piperidine rings is 1. The Morgan fingerprint density at radius 1 is 1.17 bits per heavy atom. The summed E-state index contributed by atoms with van der Waals surface area (Å²) in [6.07, 6.45) is 5.43. The van der Waals surface area contributed by atoms with Gasteiger partial charge in [0.1, 0.15) is 0 Å². The van der Waals surface area contributed by atoms with Crippen molar-refractivity contribution >= 4 is 5.91 Å². The number of aryl methyl sites for hydroxylation is 1. The zero-order chi connectivity index (χ0) is 17.1. The number of nitrogens with zero attached hydrogens (tertiary/aromatic N) is 2. The van der Waals surface area contributed by atoms with Crippen molar-refractivity contribution in [2.24, 2.45) is 11.7 Å². The van der Waals surface area contributed by atoms with Crippen molar-refractivity contribution in [3.8, 4) is 11.1 Å². The summed E-state index contributed by atoms with van der Waals surface area (Å²) in [5.74, 6) is 0.589. The molecule has 1 saturated heterocycles. The smallest absolute Gasteiger partial charge is 0.255 e. The van der Waals surface area contributed by atoms with E-state index in [9.17, 15) is 4.79 Å². The molecule has 1 aromatic heterocycles. The lowest BCUT2D eigenvalue weighted by Gasteiger charge is -2.33. The van der Waals surface area contributed by atoms with Crippen molar-refractivity contribution in [3.05, 3.63) is 53.9 Å². The number of rotatable bonds is 3. The number of aromatic nitrogens is 1. The highest BCUT2D eigenvalue weighted by Crippen LogP contribution is 2.23. The van der Waals surface area contributed by atoms with Crippen LogP contribution in [0.2, 0.25) is 0 Å². The Labute approximate surface area is 143 Å². The van der Waals surface area contributed by atoms with E-state index in [4.69, 9.17) is 5.73 Å². The highest BCUT2D eigenvalue weighted by molar-refractivity contribution is 5.95. The van der Waals surface area contributed by atoms with Gasteiger partial charge < -0.3 is 10.6 Å². The number of benzene rings is 1. The van der Waals surface area contributed by atoms with Crippen LogP contribution in [0, 0.1) is 12.8 Å². The molecule has 4 nitrogen and oxygen atoms in total. The monoisotopic (exact) mass is 323 g/mol. The van der Waals surface area contributed by atoms with E-state index in [2.05, 4.69) is 43.1 Å². The number of carbonyl (C=O) groups is 1. The molecular formula is C20H25N3O. The number of hydrogen-bond acceptors (Lipinski definition) is 3. The van der Waals surface area contributed by atoms with Gasteiger partial charge in [-0.25, -0.2) is 0 Å². The van der Waals surface area contributed by atoms with Crippen LogP contribution in [0.4, 0.5) is 0 Å². The molecule has 1 aliphatic heterocycles. The average Bonchev–Trinajstić information content (AvgIpc) is 2.62. The first kappa shape index (κ1) is 16.7. The third-order valence-electron chi connectivity index (χ3n) is 4.94. The van der Waals surface area contributed by atoms with E-state index in [-0.39, 0.29) is 11.9 Å². The fraction of sp³-hybridized carbons (Fsp3) is 0.400. The van der Waals surface area contributed by atoms with E-state index in [0.717, 1.165) is 37.1 Å². The maximum Gasteiger partial charge on any atom is 0.255 e. The standard InChI is InChI=1S/C20H25N3O/c1-14-3-5-17(6-4-14)18-11-19(13-22-12-18)20(24)23-9-7-16(8-10-23)15(2)21/h3-6,11-13,15-16H,7-10,21H2,1-2H3. The molecule has 0 bridgehead atoms. The molecule has 0 spiro atoms. The van der Waals surface area contributed by atoms with Gasteiger partial charge in [0.2, 0.25) is 0 Å². The molecule has 1 unspecified atom stereocenters. The Kier molecular flexibility index (Phi) is 4.95. The largest absolute Gasteiger partial charge is 0.339 e. The number of pyridine rings is 1. The molecule has 1 aliphatic rings. The lowest BCUT2D eigenvalue weighted by atomic mass is 9.90. The lowest BCUT2D eigenvalue weighted by molar-refractivity contribution is 0.0680. The van der Waals surface area contributed by atoms with Crippen molar-refractivity contribution < 1.29 is 4.79 Å². The Morgan fingerprint density at radius 3 is 2.46 bits per heavy atom. The molecule has 0 saturated carbocycles. The zero-order valence-electron chi connectivity index (χ0n) is 14.4. The Balaban J connectivity index is 1.74. The molecule has 3 rings (SSSR count). The third kappa shape index (κ3) is 3.65. The Hall–Kier alpha value is -2.20. The van der Waals surface area contributed by atoms with E-state index in [0.29, 0.717) is 11.5 Å². The number of hydrogen-bond donors (Lipinski definition) is 1. The molecule has 1 fully saturated rings. The van der Waals surface area contributed by atoms with Gasteiger partial charge in [-0.05, 0) is 44.2 Å². The van der Waals surface area contributed by atoms with Crippen molar-refractivity contribution in [2.75, 3.05) is 13.1 Å². The van der Waals surface area contributed by atoms with Crippen LogP contribution in [0.25, 0.3) is 11.1 Å². The van der Waals surface area contributed by atoms with Crippen molar-refractivity contribution in [1.29, 1.82) is 0 Å². The van der Waals surface area contributed by atoms with Gasteiger partial charge in [-0.2, -0.15) is 0 Å². The maximum atomic E-state index is 12.8. The van der Waals surface area contributed by atoms with Gasteiger partial charge >= 0.3 is 0 Å². The van der Waals surface area contributed by atoms with E-state index in [1.165, 1.54) is 5.56 Å². The molecular weight excluding hydrogens is 298 g/mol. The van der Waals surface area contributed by atoms with Crippen LogP contribution in [0.15, 0.2) is 42.7 Å². The second-order valence-corrected chi connectivity index (χ2v) is 6.82. The fourth-order valence-electron chi connectivity index (χ4n) is 3.27. The molecule has 1 aromatic carbocycles. The molecule has 2 N–H and O–H groups in total. The fourth-order valence-corrected chi connectivity index (χ4v) is 3.27. The van der Waals surface area contributed by atoms with E-state index >= 15 is 0 Å². The maximum absolute atomic E-state index is 12.8. The third-order valence-corrected chi connectivity index (χ3v) is 4.94. The predicted molar refractivity (Wildman–Crippen MR) is 96.7 cm³/mol. The van der Waals surface area contributed by atoms with Crippen LogP contribution in [0.1, 0.15) is 35.7 Å². The summed E-state index contributed by atoms with van der Waals surface area (Å²) in [6, 6.07) is 10.4. The summed E-state index contributed by atoms with van der Waals surface area (Å²) < 4.78 is 0. The van der Waals surface area contributed by atoms with Crippen LogP contribution in [0.3, 0.4) is 0 Å². The molecule has 0 radical (unpaired) electrons. The van der Waals surface area contributed by atoms with Gasteiger partial charge in [0.05, 0.1) is 5.56 Å². The molecule has 2 heterocycles. The van der Waals surface area contributed by atoms with Crippen LogP contribution < -0.4 is 5.73 Å². The summed E-state index contributed by atoms with van der Waals surface area (Å²) in [4.78, 5) is 19.0. The van der Waals surface area contributed by atoms with Gasteiger partial charge in [0.15, 0.2) is 0 Å². The zero-order valence-corrected chi connectivity index (χ0v) is 14.4. The number of nitrogens with two attached hydrogens (primary N) is 1. The molecule has 4 heteroatoms. The first-order chi connectivity index (χ1) is 11.5. The summed E-state index contributed by atoms with van der Waals surface area (Å²) in [5.41, 5.74) is 9.92. The molecule has 1 amide bonds. The van der Waals surface area contributed by atoms with Gasteiger partial charge in [0.25, 0.3) is 5.91 Å². The number of amides is 1. The second-order valence-electron chi connectivity index (χ2n) is 6.82. The number of carbonyl (C=O) groups excluding carboxylic acids is 1. The van der Waals surface area contributed by atoms with Gasteiger partial charge in [0, 0.05) is 37.1 Å². The minimum atomic E-state index is 0.0691. The Bertz CT molecular complexity index is 701. The highest BCUT2D eigenvalue weighted by atomic mass is 16.2. The molecule has 24 heavy (non-hydrogen) atoms. The first-order valence-electron chi connectivity index (χ1n) is 8.61. The summed E-state index contributed by atoms with van der Waals surface area (Å²) in [6.45, 7) is 5.67. The quantitative estimate of drug-likeness (QED) is 0.943. The van der Waals surface area contributed by atoms with E-state index in [1.54, 1.807) is 6.20 Å². The van der Waals surface area contributed by atoms with Crippen LogP contribution in [-0.2, 0) is 0 Å². The first-order valence-corrected chi connectivity index (χ1v) is 8.61. The van der Waals surface area contributed by atoms with Crippen molar-refractivity contribution in [1.82, 2.24) is 9.88 Å². The lowest BCUT2D eigenvalue weighted by Crippen LogP contribution is -2.42. The minimum Gasteiger partial charge on any atom is -0.339 e. The van der Waals surface area contributed by atoms with E-state index in [1.807, 2.05) is 17.2 Å². The van der Waals surface area contributed by atoms with Crippen LogP contribution in [0.5, 0.6) is 0 Å². The van der Waals surface area contributed by atoms with Crippen molar-refractivity contribution in [2.45, 2.75) is 32.7 Å². The van der Waals surface area contributed by atoms with E-state index < -0.39 is 0 Å². The van der Waals surface area contributed by atoms with Crippen molar-refractivity contribution in [3.63, 3.8) is 0 Å².